The van der Waals surface area contributed by atoms with Crippen molar-refractivity contribution in [2.75, 3.05) is 32.8 Å². The van der Waals surface area contributed by atoms with Gasteiger partial charge < -0.3 is 20.3 Å². The van der Waals surface area contributed by atoms with Gasteiger partial charge in [-0.1, -0.05) is 30.7 Å². The molecule has 0 spiro atoms. The van der Waals surface area contributed by atoms with Crippen molar-refractivity contribution in [1.82, 2.24) is 15.5 Å². The molecule has 0 radical (unpaired) electrons. The summed E-state index contributed by atoms with van der Waals surface area (Å²) in [4.78, 5) is 25.5. The summed E-state index contributed by atoms with van der Waals surface area (Å²) in [6.07, 6.45) is 1.03. The SMILES string of the molecule is CCCNC(=O)CCNC(=O)N1CCOC(c2ccc(Cl)cc2)C1. The molecular weight excluding hydrogens is 330 g/mol. The van der Waals surface area contributed by atoms with Crippen LogP contribution in [0.3, 0.4) is 0 Å². The molecule has 1 aliphatic rings. The highest BCUT2D eigenvalue weighted by Crippen LogP contribution is 2.23. The summed E-state index contributed by atoms with van der Waals surface area (Å²) in [5, 5.41) is 6.25. The molecule has 1 aromatic carbocycles. The Balaban J connectivity index is 1.78. The normalized spacial score (nSPS) is 17.4. The molecule has 1 fully saturated rings. The van der Waals surface area contributed by atoms with Crippen molar-refractivity contribution in [3.8, 4) is 0 Å². The topological polar surface area (TPSA) is 70.7 Å². The lowest BCUT2D eigenvalue weighted by atomic mass is 10.1. The van der Waals surface area contributed by atoms with Crippen LogP contribution >= 0.6 is 11.6 Å². The quantitative estimate of drug-likeness (QED) is 0.824. The van der Waals surface area contributed by atoms with E-state index < -0.39 is 0 Å². The van der Waals surface area contributed by atoms with E-state index in [1.54, 1.807) is 4.90 Å². The minimum atomic E-state index is -0.166. The molecule has 0 saturated carbocycles. The fourth-order valence-electron chi connectivity index (χ4n) is 2.46. The van der Waals surface area contributed by atoms with Gasteiger partial charge in [-0.3, -0.25) is 4.79 Å². The Bertz CT molecular complexity index is 551. The summed E-state index contributed by atoms with van der Waals surface area (Å²) in [5.74, 6) is -0.0434. The lowest BCUT2D eigenvalue weighted by Crippen LogP contribution is -2.47. The first-order chi connectivity index (χ1) is 11.6. The minimum Gasteiger partial charge on any atom is -0.370 e. The van der Waals surface area contributed by atoms with E-state index in [2.05, 4.69) is 10.6 Å². The first-order valence-electron chi connectivity index (χ1n) is 8.26. The second-order valence-corrected chi connectivity index (χ2v) is 6.13. The van der Waals surface area contributed by atoms with E-state index in [0.29, 0.717) is 37.8 Å². The lowest BCUT2D eigenvalue weighted by molar-refractivity contribution is -0.120. The first-order valence-corrected chi connectivity index (χ1v) is 8.64. The molecule has 24 heavy (non-hydrogen) atoms. The second kappa shape index (κ2) is 9.49. The molecule has 2 N–H and O–H groups in total. The monoisotopic (exact) mass is 353 g/mol. The van der Waals surface area contributed by atoms with Crippen LogP contribution in [-0.2, 0) is 9.53 Å². The molecule has 1 unspecified atom stereocenters. The second-order valence-electron chi connectivity index (χ2n) is 5.69. The number of carbonyl (C=O) groups excluding carboxylic acids is 2. The number of benzene rings is 1. The van der Waals surface area contributed by atoms with Crippen LogP contribution in [0.15, 0.2) is 24.3 Å². The lowest BCUT2D eigenvalue weighted by Gasteiger charge is -2.33. The zero-order valence-electron chi connectivity index (χ0n) is 13.9. The van der Waals surface area contributed by atoms with E-state index in [1.165, 1.54) is 0 Å². The number of urea groups is 1. The Hall–Kier alpha value is -1.79. The van der Waals surface area contributed by atoms with Crippen molar-refractivity contribution < 1.29 is 14.3 Å². The predicted octanol–water partition coefficient (Wildman–Crippen LogP) is 2.34. The van der Waals surface area contributed by atoms with Crippen molar-refractivity contribution >= 4 is 23.5 Å². The van der Waals surface area contributed by atoms with Crippen molar-refractivity contribution in [3.05, 3.63) is 34.9 Å². The van der Waals surface area contributed by atoms with Gasteiger partial charge in [0, 0.05) is 31.1 Å². The molecule has 1 saturated heterocycles. The number of hydrogen-bond donors (Lipinski definition) is 2. The van der Waals surface area contributed by atoms with Gasteiger partial charge in [0.1, 0.15) is 6.10 Å². The summed E-state index contributed by atoms with van der Waals surface area (Å²) < 4.78 is 5.74. The molecule has 1 atom stereocenters. The summed E-state index contributed by atoms with van der Waals surface area (Å²) in [6.45, 7) is 4.50. The highest BCUT2D eigenvalue weighted by Gasteiger charge is 2.25. The van der Waals surface area contributed by atoms with E-state index in [-0.39, 0.29) is 24.5 Å². The Kier molecular flexibility index (Phi) is 7.34. The number of ether oxygens (including phenoxy) is 1. The average molecular weight is 354 g/mol. The summed E-state index contributed by atoms with van der Waals surface area (Å²) in [5.41, 5.74) is 0.996. The van der Waals surface area contributed by atoms with Gasteiger partial charge in [0.25, 0.3) is 0 Å². The maximum absolute atomic E-state index is 12.2. The van der Waals surface area contributed by atoms with Gasteiger partial charge in [0.2, 0.25) is 5.91 Å². The maximum Gasteiger partial charge on any atom is 0.317 e. The van der Waals surface area contributed by atoms with Crippen LogP contribution < -0.4 is 10.6 Å². The van der Waals surface area contributed by atoms with E-state index in [1.807, 2.05) is 31.2 Å². The van der Waals surface area contributed by atoms with Gasteiger partial charge in [-0.25, -0.2) is 4.79 Å². The summed E-state index contributed by atoms with van der Waals surface area (Å²) >= 11 is 5.90. The highest BCUT2D eigenvalue weighted by molar-refractivity contribution is 6.30. The highest BCUT2D eigenvalue weighted by atomic mass is 35.5. The van der Waals surface area contributed by atoms with Crippen molar-refractivity contribution in [1.29, 1.82) is 0 Å². The molecule has 1 aromatic rings. The van der Waals surface area contributed by atoms with Gasteiger partial charge in [-0.15, -0.1) is 0 Å². The Morgan fingerprint density at radius 1 is 1.25 bits per heavy atom. The molecule has 7 heteroatoms. The third-order valence-corrected chi connectivity index (χ3v) is 4.05. The Morgan fingerprint density at radius 3 is 2.71 bits per heavy atom. The van der Waals surface area contributed by atoms with Gasteiger partial charge in [-0.05, 0) is 24.1 Å². The predicted molar refractivity (Wildman–Crippen MR) is 93.0 cm³/mol. The van der Waals surface area contributed by atoms with Crippen LogP contribution in [0.5, 0.6) is 0 Å². The Labute approximate surface area is 147 Å². The number of carbonyl (C=O) groups is 2. The molecule has 6 nitrogen and oxygen atoms in total. The fraction of sp³-hybridized carbons (Fsp3) is 0.529. The van der Waals surface area contributed by atoms with Crippen molar-refractivity contribution in [2.24, 2.45) is 0 Å². The fourth-order valence-corrected chi connectivity index (χ4v) is 2.59. The van der Waals surface area contributed by atoms with Gasteiger partial charge in [0.05, 0.1) is 13.2 Å². The molecule has 132 valence electrons. The molecular formula is C17H24ClN3O3. The number of morpholine rings is 1. The summed E-state index contributed by atoms with van der Waals surface area (Å²) in [6, 6.07) is 7.28. The van der Waals surface area contributed by atoms with Gasteiger partial charge in [-0.2, -0.15) is 0 Å². The number of nitrogens with one attached hydrogen (secondary N) is 2. The van der Waals surface area contributed by atoms with Crippen LogP contribution in [0.25, 0.3) is 0 Å². The summed E-state index contributed by atoms with van der Waals surface area (Å²) in [7, 11) is 0. The molecule has 0 bridgehead atoms. The molecule has 0 aliphatic carbocycles. The molecule has 1 aliphatic heterocycles. The maximum atomic E-state index is 12.2. The van der Waals surface area contributed by atoms with Crippen molar-refractivity contribution in [3.63, 3.8) is 0 Å². The number of hydrogen-bond acceptors (Lipinski definition) is 3. The molecule has 0 aromatic heterocycles. The average Bonchev–Trinajstić information content (AvgIpc) is 2.60. The van der Waals surface area contributed by atoms with Crippen LogP contribution in [-0.4, -0.2) is 49.6 Å². The van der Waals surface area contributed by atoms with E-state index >= 15 is 0 Å². The third-order valence-electron chi connectivity index (χ3n) is 3.80. The van der Waals surface area contributed by atoms with E-state index in [9.17, 15) is 9.59 Å². The molecule has 3 amide bonds. The first kappa shape index (κ1) is 18.5. The minimum absolute atomic E-state index is 0.0434. The van der Waals surface area contributed by atoms with Crippen molar-refractivity contribution in [2.45, 2.75) is 25.9 Å². The van der Waals surface area contributed by atoms with Crippen LogP contribution in [0, 0.1) is 0 Å². The molecule has 1 heterocycles. The zero-order valence-corrected chi connectivity index (χ0v) is 14.6. The van der Waals surface area contributed by atoms with Gasteiger partial charge >= 0.3 is 6.03 Å². The standard InChI is InChI=1S/C17H24ClN3O3/c1-2-8-19-16(22)7-9-20-17(23)21-10-11-24-15(12-21)13-3-5-14(18)6-4-13/h3-6,15H,2,7-12H2,1H3,(H,19,22)(H,20,23). The number of nitrogens with zero attached hydrogens (tertiary/aromatic N) is 1. The third kappa shape index (κ3) is 5.69. The van der Waals surface area contributed by atoms with Crippen LogP contribution in [0.1, 0.15) is 31.4 Å². The van der Waals surface area contributed by atoms with Crippen LogP contribution in [0.4, 0.5) is 4.79 Å². The Morgan fingerprint density at radius 2 is 2.00 bits per heavy atom. The van der Waals surface area contributed by atoms with Gasteiger partial charge in [0.15, 0.2) is 0 Å². The number of halogens is 1. The molecule has 2 rings (SSSR count). The number of rotatable bonds is 6. The number of amides is 3. The largest absolute Gasteiger partial charge is 0.370 e. The van der Waals surface area contributed by atoms with E-state index in [0.717, 1.165) is 12.0 Å². The zero-order chi connectivity index (χ0) is 17.4. The van der Waals surface area contributed by atoms with Crippen LogP contribution in [0.2, 0.25) is 5.02 Å². The smallest absolute Gasteiger partial charge is 0.317 e. The van der Waals surface area contributed by atoms with E-state index in [4.69, 9.17) is 16.3 Å².